The Morgan fingerprint density at radius 1 is 0.926 bits per heavy atom. The predicted octanol–water partition coefficient (Wildman–Crippen LogP) is 4.57. The fourth-order valence-electron chi connectivity index (χ4n) is 2.38. The number of methoxy groups -OCH3 is 1. The number of ether oxygens (including phenoxy) is 1. The molecule has 0 aliphatic rings. The van der Waals surface area contributed by atoms with Crippen molar-refractivity contribution in [3.63, 3.8) is 0 Å². The lowest BCUT2D eigenvalue weighted by Gasteiger charge is -2.12. The van der Waals surface area contributed by atoms with Gasteiger partial charge in [0.25, 0.3) is 0 Å². The number of nitrogens with one attached hydrogen (secondary N) is 2. The third kappa shape index (κ3) is 4.57. The number of anilines is 5. The molecular weight excluding hydrogens is 359 g/mol. The molecule has 0 aliphatic heterocycles. The Hall–Kier alpha value is -3.49. The van der Waals surface area contributed by atoms with E-state index in [0.29, 0.717) is 28.8 Å². The normalized spacial score (nSPS) is 11.1. The summed E-state index contributed by atoms with van der Waals surface area (Å²) in [4.78, 5) is 8.12. The van der Waals surface area contributed by atoms with E-state index in [9.17, 15) is 13.2 Å². The number of halogens is 3. The number of hydrogen-bond acceptors (Lipinski definition) is 6. The smallest absolute Gasteiger partial charge is 0.416 e. The highest BCUT2D eigenvalue weighted by Crippen LogP contribution is 2.31. The van der Waals surface area contributed by atoms with Crippen molar-refractivity contribution in [3.8, 4) is 5.75 Å². The molecular formula is C18H16F3N5O. The molecule has 0 atom stereocenters. The molecule has 0 aliphatic carbocycles. The molecule has 1 heterocycles. The van der Waals surface area contributed by atoms with Crippen molar-refractivity contribution in [3.05, 3.63) is 60.4 Å². The Bertz CT molecular complexity index is 946. The number of aromatic nitrogens is 2. The van der Waals surface area contributed by atoms with Gasteiger partial charge in [0.15, 0.2) is 0 Å². The lowest BCUT2D eigenvalue weighted by atomic mass is 10.2. The summed E-state index contributed by atoms with van der Waals surface area (Å²) >= 11 is 0. The van der Waals surface area contributed by atoms with E-state index in [1.807, 2.05) is 0 Å². The first kappa shape index (κ1) is 18.3. The molecule has 6 nitrogen and oxygen atoms in total. The van der Waals surface area contributed by atoms with Crippen molar-refractivity contribution in [2.75, 3.05) is 23.5 Å². The molecule has 0 saturated carbocycles. The van der Waals surface area contributed by atoms with E-state index in [-0.39, 0.29) is 5.69 Å². The minimum absolute atomic E-state index is 0.267. The summed E-state index contributed by atoms with van der Waals surface area (Å²) in [6.07, 6.45) is -3.12. The molecule has 0 unspecified atom stereocenters. The molecule has 3 rings (SSSR count). The van der Waals surface area contributed by atoms with E-state index < -0.39 is 11.7 Å². The van der Waals surface area contributed by atoms with Gasteiger partial charge in [-0.25, -0.2) is 9.97 Å². The zero-order valence-corrected chi connectivity index (χ0v) is 14.2. The highest BCUT2D eigenvalue weighted by Gasteiger charge is 2.30. The van der Waals surface area contributed by atoms with Crippen LogP contribution in [0.1, 0.15) is 5.56 Å². The first-order chi connectivity index (χ1) is 12.8. The van der Waals surface area contributed by atoms with E-state index in [1.54, 1.807) is 24.3 Å². The van der Waals surface area contributed by atoms with Crippen LogP contribution in [0.3, 0.4) is 0 Å². The average molecular weight is 375 g/mol. The van der Waals surface area contributed by atoms with Crippen LogP contribution in [0.4, 0.5) is 41.9 Å². The third-order valence-electron chi connectivity index (χ3n) is 3.63. The average Bonchev–Trinajstić information content (AvgIpc) is 2.62. The van der Waals surface area contributed by atoms with E-state index >= 15 is 0 Å². The van der Waals surface area contributed by atoms with Gasteiger partial charge >= 0.3 is 6.18 Å². The summed E-state index contributed by atoms with van der Waals surface area (Å²) in [5.41, 5.74) is 6.52. The zero-order valence-electron chi connectivity index (χ0n) is 14.2. The number of alkyl halides is 3. The standard InChI is InChI=1S/C18H16F3N5O/c1-27-15-6-5-13(8-14(15)22)26-17-9-16(23-10-24-17)25-12-4-2-3-11(7-12)18(19,20)21/h2-10H,22H2,1H3,(H2,23,24,25,26). The fourth-order valence-corrected chi connectivity index (χ4v) is 2.38. The summed E-state index contributed by atoms with van der Waals surface area (Å²) in [5.74, 6) is 1.34. The Kier molecular flexibility index (Phi) is 5.02. The van der Waals surface area contributed by atoms with Crippen LogP contribution in [-0.4, -0.2) is 17.1 Å². The van der Waals surface area contributed by atoms with Crippen LogP contribution in [0.2, 0.25) is 0 Å². The summed E-state index contributed by atoms with van der Waals surface area (Å²) in [7, 11) is 1.52. The van der Waals surface area contributed by atoms with Crippen molar-refractivity contribution >= 4 is 28.7 Å². The van der Waals surface area contributed by atoms with Gasteiger partial charge in [0, 0.05) is 17.4 Å². The Balaban J connectivity index is 1.77. The highest BCUT2D eigenvalue weighted by atomic mass is 19.4. The quantitative estimate of drug-likeness (QED) is 0.567. The number of nitrogens with two attached hydrogens (primary N) is 1. The third-order valence-corrected chi connectivity index (χ3v) is 3.63. The maximum atomic E-state index is 12.8. The van der Waals surface area contributed by atoms with Gasteiger partial charge in [0.05, 0.1) is 18.4 Å². The number of nitrogens with zero attached hydrogens (tertiary/aromatic N) is 2. The second-order valence-corrected chi connectivity index (χ2v) is 5.57. The summed E-state index contributed by atoms with van der Waals surface area (Å²) in [6.45, 7) is 0. The maximum Gasteiger partial charge on any atom is 0.416 e. The topological polar surface area (TPSA) is 85.1 Å². The molecule has 27 heavy (non-hydrogen) atoms. The number of benzene rings is 2. The first-order valence-electron chi connectivity index (χ1n) is 7.82. The van der Waals surface area contributed by atoms with E-state index in [2.05, 4.69) is 20.6 Å². The molecule has 0 bridgehead atoms. The second kappa shape index (κ2) is 7.40. The van der Waals surface area contributed by atoms with E-state index in [1.165, 1.54) is 25.6 Å². The Labute approximate surface area is 153 Å². The zero-order chi connectivity index (χ0) is 19.4. The lowest BCUT2D eigenvalue weighted by Crippen LogP contribution is -2.05. The molecule has 0 saturated heterocycles. The summed E-state index contributed by atoms with van der Waals surface area (Å²) in [6, 6.07) is 11.6. The van der Waals surface area contributed by atoms with Crippen LogP contribution >= 0.6 is 0 Å². The lowest BCUT2D eigenvalue weighted by molar-refractivity contribution is -0.137. The molecule has 0 spiro atoms. The van der Waals surface area contributed by atoms with Crippen molar-refractivity contribution < 1.29 is 17.9 Å². The van der Waals surface area contributed by atoms with Gasteiger partial charge in [0.1, 0.15) is 23.7 Å². The van der Waals surface area contributed by atoms with Gasteiger partial charge in [-0.3, -0.25) is 0 Å². The minimum atomic E-state index is -4.41. The van der Waals surface area contributed by atoms with Crippen molar-refractivity contribution in [2.24, 2.45) is 0 Å². The van der Waals surface area contributed by atoms with Crippen LogP contribution in [0.25, 0.3) is 0 Å². The Morgan fingerprint density at radius 3 is 2.19 bits per heavy atom. The van der Waals surface area contributed by atoms with Crippen LogP contribution in [0, 0.1) is 0 Å². The second-order valence-electron chi connectivity index (χ2n) is 5.57. The molecule has 1 aromatic heterocycles. The summed E-state index contributed by atoms with van der Waals surface area (Å²) < 4.78 is 43.6. The van der Waals surface area contributed by atoms with Gasteiger partial charge in [-0.2, -0.15) is 13.2 Å². The van der Waals surface area contributed by atoms with E-state index in [4.69, 9.17) is 10.5 Å². The van der Waals surface area contributed by atoms with Crippen molar-refractivity contribution in [2.45, 2.75) is 6.18 Å². The van der Waals surface area contributed by atoms with Crippen molar-refractivity contribution in [1.29, 1.82) is 0 Å². The maximum absolute atomic E-state index is 12.8. The van der Waals surface area contributed by atoms with Gasteiger partial charge in [-0.1, -0.05) is 6.07 Å². The number of nitrogen functional groups attached to an aromatic ring is 1. The number of hydrogen-bond donors (Lipinski definition) is 3. The fraction of sp³-hybridized carbons (Fsp3) is 0.111. The Morgan fingerprint density at radius 2 is 1.59 bits per heavy atom. The summed E-state index contributed by atoms with van der Waals surface area (Å²) in [5, 5.41) is 5.89. The molecule has 9 heteroatoms. The van der Waals surface area contributed by atoms with Crippen LogP contribution in [-0.2, 0) is 6.18 Å². The van der Waals surface area contributed by atoms with Crippen LogP contribution in [0.15, 0.2) is 54.9 Å². The molecule has 0 fully saturated rings. The molecule has 3 aromatic rings. The number of rotatable bonds is 5. The van der Waals surface area contributed by atoms with Gasteiger partial charge < -0.3 is 21.1 Å². The minimum Gasteiger partial charge on any atom is -0.495 e. The monoisotopic (exact) mass is 375 g/mol. The van der Waals surface area contributed by atoms with Crippen LogP contribution < -0.4 is 21.1 Å². The van der Waals surface area contributed by atoms with E-state index in [0.717, 1.165) is 12.1 Å². The van der Waals surface area contributed by atoms with Gasteiger partial charge in [-0.15, -0.1) is 0 Å². The largest absolute Gasteiger partial charge is 0.495 e. The molecule has 0 amide bonds. The highest BCUT2D eigenvalue weighted by molar-refractivity contribution is 5.68. The SMILES string of the molecule is COc1ccc(Nc2cc(Nc3cccc(C(F)(F)F)c3)ncn2)cc1N. The van der Waals surface area contributed by atoms with Crippen LogP contribution in [0.5, 0.6) is 5.75 Å². The van der Waals surface area contributed by atoms with Crippen molar-refractivity contribution in [1.82, 2.24) is 9.97 Å². The molecule has 0 radical (unpaired) electrons. The molecule has 2 aromatic carbocycles. The predicted molar refractivity (Wildman–Crippen MR) is 97.4 cm³/mol. The van der Waals surface area contributed by atoms with Gasteiger partial charge in [-0.05, 0) is 36.4 Å². The van der Waals surface area contributed by atoms with Gasteiger partial charge in [0.2, 0.25) is 0 Å². The molecule has 140 valence electrons. The molecule has 4 N–H and O–H groups in total. The first-order valence-corrected chi connectivity index (χ1v) is 7.82.